The zero-order valence-electron chi connectivity index (χ0n) is 13.2. The van der Waals surface area contributed by atoms with Crippen molar-refractivity contribution in [2.45, 2.75) is 40.0 Å². The van der Waals surface area contributed by atoms with Crippen molar-refractivity contribution in [2.75, 3.05) is 25.0 Å². The highest BCUT2D eigenvalue weighted by Gasteiger charge is 2.20. The zero-order valence-corrected chi connectivity index (χ0v) is 13.2. The van der Waals surface area contributed by atoms with Crippen molar-refractivity contribution in [2.24, 2.45) is 0 Å². The fourth-order valence-electron chi connectivity index (χ4n) is 2.28. The van der Waals surface area contributed by atoms with Gasteiger partial charge in [-0.05, 0) is 24.8 Å². The molecular formula is C15H23N5O. The molecule has 1 amide bonds. The minimum Gasteiger partial charge on any atom is -0.358 e. The van der Waals surface area contributed by atoms with Crippen LogP contribution in [0.15, 0.2) is 0 Å². The number of hydrogen-bond acceptors (Lipinski definition) is 5. The largest absolute Gasteiger partial charge is 0.358 e. The summed E-state index contributed by atoms with van der Waals surface area (Å²) in [5, 5.41) is 20.6. The first-order valence-corrected chi connectivity index (χ1v) is 7.36. The summed E-state index contributed by atoms with van der Waals surface area (Å²) in [6, 6.07) is 2.24. The van der Waals surface area contributed by atoms with Crippen LogP contribution in [0.1, 0.15) is 44.0 Å². The van der Waals surface area contributed by atoms with E-state index >= 15 is 0 Å². The molecule has 0 aliphatic rings. The Morgan fingerprint density at radius 2 is 2.00 bits per heavy atom. The van der Waals surface area contributed by atoms with Crippen LogP contribution in [0.3, 0.4) is 0 Å². The number of amides is 1. The maximum absolute atomic E-state index is 11.7. The standard InChI is InChI=1S/C15H23N5O/c1-5-8-20(10-14(21)17-4)15-12(9-16)11(6-2)13(7-3)18-19-15/h5-8,10H2,1-4H3,(H,17,21). The van der Waals surface area contributed by atoms with Gasteiger partial charge in [-0.15, -0.1) is 5.10 Å². The topological polar surface area (TPSA) is 81.9 Å². The first kappa shape index (κ1) is 16.9. The summed E-state index contributed by atoms with van der Waals surface area (Å²) in [5.74, 6) is 0.406. The Bertz CT molecular complexity index is 536. The lowest BCUT2D eigenvalue weighted by Gasteiger charge is -2.24. The molecule has 114 valence electrons. The van der Waals surface area contributed by atoms with E-state index in [2.05, 4.69) is 21.6 Å². The highest BCUT2D eigenvalue weighted by Crippen LogP contribution is 2.23. The Morgan fingerprint density at radius 3 is 2.48 bits per heavy atom. The van der Waals surface area contributed by atoms with Gasteiger partial charge in [0.2, 0.25) is 5.91 Å². The third-order valence-corrected chi connectivity index (χ3v) is 3.35. The number of anilines is 1. The van der Waals surface area contributed by atoms with Crippen molar-refractivity contribution >= 4 is 11.7 Å². The van der Waals surface area contributed by atoms with Crippen molar-refractivity contribution in [3.63, 3.8) is 0 Å². The Balaban J connectivity index is 3.31. The highest BCUT2D eigenvalue weighted by molar-refractivity contribution is 5.81. The van der Waals surface area contributed by atoms with Crippen molar-refractivity contribution in [3.05, 3.63) is 16.8 Å². The molecule has 0 aliphatic heterocycles. The molecule has 0 aromatic carbocycles. The fraction of sp³-hybridized carbons (Fsp3) is 0.600. The summed E-state index contributed by atoms with van der Waals surface area (Å²) in [5.41, 5.74) is 2.33. The lowest BCUT2D eigenvalue weighted by Crippen LogP contribution is -2.37. The van der Waals surface area contributed by atoms with Gasteiger partial charge in [0.05, 0.1) is 12.2 Å². The molecule has 0 spiro atoms. The quantitative estimate of drug-likeness (QED) is 0.821. The van der Waals surface area contributed by atoms with Crippen LogP contribution in [0, 0.1) is 11.3 Å². The van der Waals surface area contributed by atoms with E-state index < -0.39 is 0 Å². The molecule has 0 radical (unpaired) electrons. The fourth-order valence-corrected chi connectivity index (χ4v) is 2.28. The van der Waals surface area contributed by atoms with Crippen LogP contribution in [0.4, 0.5) is 5.82 Å². The van der Waals surface area contributed by atoms with E-state index in [-0.39, 0.29) is 12.5 Å². The van der Waals surface area contributed by atoms with Gasteiger partial charge in [0.25, 0.3) is 0 Å². The molecule has 0 bridgehead atoms. The second-order valence-electron chi connectivity index (χ2n) is 4.74. The summed E-state index contributed by atoms with van der Waals surface area (Å²) >= 11 is 0. The van der Waals surface area contributed by atoms with Gasteiger partial charge >= 0.3 is 0 Å². The number of hydrogen-bond donors (Lipinski definition) is 1. The molecule has 0 atom stereocenters. The number of carbonyl (C=O) groups is 1. The molecule has 0 saturated carbocycles. The summed E-state index contributed by atoms with van der Waals surface area (Å²) in [6.45, 7) is 6.87. The van der Waals surface area contributed by atoms with E-state index in [1.54, 1.807) is 7.05 Å². The molecular weight excluding hydrogens is 266 g/mol. The molecule has 0 fully saturated rings. The van der Waals surface area contributed by atoms with Crippen LogP contribution in [0.25, 0.3) is 0 Å². The molecule has 1 N–H and O–H groups in total. The van der Waals surface area contributed by atoms with E-state index in [0.717, 1.165) is 30.5 Å². The average Bonchev–Trinajstić information content (AvgIpc) is 2.52. The van der Waals surface area contributed by atoms with E-state index in [1.807, 2.05) is 25.7 Å². The van der Waals surface area contributed by atoms with Crippen LogP contribution >= 0.6 is 0 Å². The summed E-state index contributed by atoms with van der Waals surface area (Å²) in [4.78, 5) is 13.5. The van der Waals surface area contributed by atoms with Crippen LogP contribution in [0.2, 0.25) is 0 Å². The van der Waals surface area contributed by atoms with Crippen molar-refractivity contribution in [1.82, 2.24) is 15.5 Å². The number of aryl methyl sites for hydroxylation is 1. The number of nitrogens with zero attached hydrogens (tertiary/aromatic N) is 4. The predicted octanol–water partition coefficient (Wildman–Crippen LogP) is 1.44. The van der Waals surface area contributed by atoms with Crippen molar-refractivity contribution < 1.29 is 4.79 Å². The van der Waals surface area contributed by atoms with Gasteiger partial charge in [0.15, 0.2) is 5.82 Å². The molecule has 21 heavy (non-hydrogen) atoms. The summed E-state index contributed by atoms with van der Waals surface area (Å²) in [6.07, 6.45) is 2.34. The van der Waals surface area contributed by atoms with Crippen LogP contribution in [0.5, 0.6) is 0 Å². The van der Waals surface area contributed by atoms with Gasteiger partial charge in [0, 0.05) is 13.6 Å². The maximum Gasteiger partial charge on any atom is 0.239 e. The third kappa shape index (κ3) is 3.91. The van der Waals surface area contributed by atoms with E-state index in [4.69, 9.17) is 0 Å². The molecule has 0 saturated heterocycles. The number of likely N-dealkylation sites (N-methyl/N-ethyl adjacent to an activating group) is 1. The number of nitriles is 1. The smallest absolute Gasteiger partial charge is 0.239 e. The Morgan fingerprint density at radius 1 is 1.29 bits per heavy atom. The van der Waals surface area contributed by atoms with Gasteiger partial charge in [-0.25, -0.2) is 0 Å². The number of nitrogens with one attached hydrogen (secondary N) is 1. The maximum atomic E-state index is 11.7. The van der Waals surface area contributed by atoms with Crippen molar-refractivity contribution in [1.29, 1.82) is 5.26 Å². The van der Waals surface area contributed by atoms with Gasteiger partial charge in [-0.3, -0.25) is 4.79 Å². The molecule has 1 aromatic heterocycles. The normalized spacial score (nSPS) is 10.0. The monoisotopic (exact) mass is 289 g/mol. The van der Waals surface area contributed by atoms with Crippen LogP contribution in [-0.4, -0.2) is 36.2 Å². The number of carbonyl (C=O) groups excluding carboxylic acids is 1. The molecule has 6 heteroatoms. The van der Waals surface area contributed by atoms with Gasteiger partial charge in [-0.1, -0.05) is 20.8 Å². The Labute approximate surface area is 126 Å². The van der Waals surface area contributed by atoms with Gasteiger partial charge in [-0.2, -0.15) is 10.4 Å². The molecule has 6 nitrogen and oxygen atoms in total. The van der Waals surface area contributed by atoms with Crippen LogP contribution < -0.4 is 10.2 Å². The van der Waals surface area contributed by atoms with E-state index in [0.29, 0.717) is 17.9 Å². The minimum absolute atomic E-state index is 0.105. The third-order valence-electron chi connectivity index (χ3n) is 3.35. The molecule has 1 heterocycles. The molecule has 1 aromatic rings. The highest BCUT2D eigenvalue weighted by atomic mass is 16.1. The van der Waals surface area contributed by atoms with Gasteiger partial charge in [0.1, 0.15) is 11.6 Å². The first-order chi connectivity index (χ1) is 10.1. The molecule has 0 unspecified atom stereocenters. The number of aromatic nitrogens is 2. The lowest BCUT2D eigenvalue weighted by molar-refractivity contribution is -0.119. The SMILES string of the molecule is CCCN(CC(=O)NC)c1nnc(CC)c(CC)c1C#N. The lowest BCUT2D eigenvalue weighted by atomic mass is 10.0. The summed E-state index contributed by atoms with van der Waals surface area (Å²) in [7, 11) is 1.60. The Kier molecular flexibility index (Phi) is 6.60. The second kappa shape index (κ2) is 8.20. The Hall–Kier alpha value is -2.16. The van der Waals surface area contributed by atoms with Crippen molar-refractivity contribution in [3.8, 4) is 6.07 Å². The van der Waals surface area contributed by atoms with Crippen LogP contribution in [-0.2, 0) is 17.6 Å². The zero-order chi connectivity index (χ0) is 15.8. The number of rotatable bonds is 7. The van der Waals surface area contributed by atoms with E-state index in [1.165, 1.54) is 0 Å². The average molecular weight is 289 g/mol. The first-order valence-electron chi connectivity index (χ1n) is 7.36. The van der Waals surface area contributed by atoms with E-state index in [9.17, 15) is 10.1 Å². The predicted molar refractivity (Wildman–Crippen MR) is 82.1 cm³/mol. The summed E-state index contributed by atoms with van der Waals surface area (Å²) < 4.78 is 0. The second-order valence-corrected chi connectivity index (χ2v) is 4.74. The van der Waals surface area contributed by atoms with Gasteiger partial charge < -0.3 is 10.2 Å². The minimum atomic E-state index is -0.105. The molecule has 1 rings (SSSR count). The molecule has 0 aliphatic carbocycles.